The Kier molecular flexibility index (Phi) is 2.09. The van der Waals surface area contributed by atoms with Gasteiger partial charge in [-0.1, -0.05) is 0 Å². The molecule has 3 heterocycles. The zero-order valence-electron chi connectivity index (χ0n) is 9.32. The van der Waals surface area contributed by atoms with E-state index in [1.807, 2.05) is 6.92 Å². The molecule has 0 aliphatic heterocycles. The Balaban J connectivity index is 2.26. The van der Waals surface area contributed by atoms with Crippen LogP contribution in [0.4, 0.5) is 0 Å². The average Bonchev–Trinajstić information content (AvgIpc) is 2.92. The fourth-order valence-electron chi connectivity index (χ4n) is 1.68. The number of carboxylic acids is 1. The summed E-state index contributed by atoms with van der Waals surface area (Å²) in [6, 6.07) is 1.75. The number of nitrogens with zero attached hydrogens (tertiary/aromatic N) is 5. The van der Waals surface area contributed by atoms with E-state index < -0.39 is 5.97 Å². The first-order chi connectivity index (χ1) is 8.66. The van der Waals surface area contributed by atoms with Crippen LogP contribution in [0.15, 0.2) is 18.7 Å². The third-order valence-corrected chi connectivity index (χ3v) is 2.50. The second-order valence-corrected chi connectivity index (χ2v) is 3.71. The van der Waals surface area contributed by atoms with Crippen LogP contribution in [-0.2, 0) is 0 Å². The van der Waals surface area contributed by atoms with Crippen molar-refractivity contribution in [1.82, 2.24) is 29.5 Å². The SMILES string of the molecule is Cc1cc2nnc(-c3nc[nH]c3C(=O)O)n2cn1. The second-order valence-electron chi connectivity index (χ2n) is 3.71. The molecule has 90 valence electrons. The first kappa shape index (κ1) is 10.4. The molecule has 8 heteroatoms. The summed E-state index contributed by atoms with van der Waals surface area (Å²) in [6.45, 7) is 1.84. The average molecular weight is 244 g/mol. The molecule has 0 saturated carbocycles. The summed E-state index contributed by atoms with van der Waals surface area (Å²) in [5, 5.41) is 16.9. The zero-order valence-corrected chi connectivity index (χ0v) is 9.32. The molecular formula is C10H8N6O2. The monoisotopic (exact) mass is 244 g/mol. The summed E-state index contributed by atoms with van der Waals surface area (Å²) < 4.78 is 1.59. The Labute approximate surface area is 100 Å². The number of hydrogen-bond donors (Lipinski definition) is 2. The maximum Gasteiger partial charge on any atom is 0.354 e. The van der Waals surface area contributed by atoms with E-state index in [9.17, 15) is 4.79 Å². The highest BCUT2D eigenvalue weighted by molar-refractivity contribution is 5.91. The Morgan fingerprint density at radius 3 is 3.00 bits per heavy atom. The highest BCUT2D eigenvalue weighted by atomic mass is 16.4. The smallest absolute Gasteiger partial charge is 0.354 e. The predicted molar refractivity (Wildman–Crippen MR) is 60.1 cm³/mol. The van der Waals surface area contributed by atoms with E-state index in [1.54, 1.807) is 16.8 Å². The molecule has 2 N–H and O–H groups in total. The van der Waals surface area contributed by atoms with E-state index in [4.69, 9.17) is 5.11 Å². The summed E-state index contributed by atoms with van der Waals surface area (Å²) in [7, 11) is 0. The van der Waals surface area contributed by atoms with Gasteiger partial charge >= 0.3 is 5.97 Å². The molecule has 0 amide bonds. The molecule has 8 nitrogen and oxygen atoms in total. The number of aryl methyl sites for hydroxylation is 1. The lowest BCUT2D eigenvalue weighted by molar-refractivity contribution is 0.0692. The van der Waals surface area contributed by atoms with Gasteiger partial charge < -0.3 is 10.1 Å². The molecule has 0 atom stereocenters. The normalized spacial score (nSPS) is 10.9. The van der Waals surface area contributed by atoms with Gasteiger partial charge in [-0.2, -0.15) is 0 Å². The third-order valence-electron chi connectivity index (χ3n) is 2.50. The van der Waals surface area contributed by atoms with Crippen LogP contribution in [0.5, 0.6) is 0 Å². The van der Waals surface area contributed by atoms with Gasteiger partial charge in [-0.05, 0) is 6.92 Å². The maximum absolute atomic E-state index is 11.0. The van der Waals surface area contributed by atoms with Gasteiger partial charge in [0.1, 0.15) is 12.0 Å². The molecule has 3 rings (SSSR count). The topological polar surface area (TPSA) is 109 Å². The van der Waals surface area contributed by atoms with Crippen LogP contribution < -0.4 is 0 Å². The molecule has 0 aliphatic carbocycles. The second kappa shape index (κ2) is 3.62. The van der Waals surface area contributed by atoms with Crippen molar-refractivity contribution in [2.24, 2.45) is 0 Å². The van der Waals surface area contributed by atoms with E-state index >= 15 is 0 Å². The van der Waals surface area contributed by atoms with Crippen molar-refractivity contribution in [3.05, 3.63) is 30.1 Å². The molecule has 0 spiro atoms. The molecule has 0 bridgehead atoms. The lowest BCUT2D eigenvalue weighted by atomic mass is 10.3. The van der Waals surface area contributed by atoms with Gasteiger partial charge in [0.15, 0.2) is 17.2 Å². The zero-order chi connectivity index (χ0) is 12.7. The molecule has 0 saturated heterocycles. The van der Waals surface area contributed by atoms with E-state index in [-0.39, 0.29) is 11.4 Å². The fourth-order valence-corrected chi connectivity index (χ4v) is 1.68. The van der Waals surface area contributed by atoms with Crippen LogP contribution in [0.25, 0.3) is 17.2 Å². The summed E-state index contributed by atoms with van der Waals surface area (Å²) in [5.41, 5.74) is 1.62. The van der Waals surface area contributed by atoms with Gasteiger partial charge in [0.05, 0.1) is 6.33 Å². The lowest BCUT2D eigenvalue weighted by Gasteiger charge is -1.98. The third kappa shape index (κ3) is 1.43. The number of carbonyl (C=O) groups is 1. The number of imidazole rings is 1. The van der Waals surface area contributed by atoms with E-state index in [0.717, 1.165) is 5.69 Å². The van der Waals surface area contributed by atoms with Gasteiger partial charge in [0.25, 0.3) is 0 Å². The van der Waals surface area contributed by atoms with Crippen LogP contribution in [0.1, 0.15) is 16.2 Å². The van der Waals surface area contributed by atoms with Crippen molar-refractivity contribution in [2.45, 2.75) is 6.92 Å². The van der Waals surface area contributed by atoms with Crippen LogP contribution in [0.3, 0.4) is 0 Å². The number of H-pyrrole nitrogens is 1. The van der Waals surface area contributed by atoms with Gasteiger partial charge in [-0.15, -0.1) is 10.2 Å². The summed E-state index contributed by atoms with van der Waals surface area (Å²) in [6.07, 6.45) is 2.85. The predicted octanol–water partition coefficient (Wildman–Crippen LogP) is 0.521. The minimum Gasteiger partial charge on any atom is -0.477 e. The van der Waals surface area contributed by atoms with Crippen LogP contribution in [0.2, 0.25) is 0 Å². The van der Waals surface area contributed by atoms with Crippen molar-refractivity contribution in [3.63, 3.8) is 0 Å². The molecule has 3 aromatic rings. The Hall–Kier alpha value is -2.77. The molecule has 0 radical (unpaired) electrons. The molecule has 0 unspecified atom stereocenters. The van der Waals surface area contributed by atoms with E-state index in [2.05, 4.69) is 25.1 Å². The Morgan fingerprint density at radius 2 is 2.22 bits per heavy atom. The first-order valence-electron chi connectivity index (χ1n) is 5.11. The highest BCUT2D eigenvalue weighted by Gasteiger charge is 2.19. The Bertz CT molecular complexity index is 744. The number of aromatic amines is 1. The summed E-state index contributed by atoms with van der Waals surface area (Å²) >= 11 is 0. The molecule has 0 fully saturated rings. The fraction of sp³-hybridized carbons (Fsp3) is 0.100. The molecular weight excluding hydrogens is 236 g/mol. The molecule has 3 aromatic heterocycles. The van der Waals surface area contributed by atoms with Crippen molar-refractivity contribution < 1.29 is 9.90 Å². The quantitative estimate of drug-likeness (QED) is 0.680. The van der Waals surface area contributed by atoms with E-state index in [0.29, 0.717) is 11.5 Å². The highest BCUT2D eigenvalue weighted by Crippen LogP contribution is 2.19. The summed E-state index contributed by atoms with van der Waals surface area (Å²) in [4.78, 5) is 21.7. The summed E-state index contributed by atoms with van der Waals surface area (Å²) in [5.74, 6) is -0.754. The molecule has 0 aliphatic rings. The van der Waals surface area contributed by atoms with Crippen LogP contribution in [-0.4, -0.2) is 40.6 Å². The van der Waals surface area contributed by atoms with Gasteiger partial charge in [0, 0.05) is 11.8 Å². The number of hydrogen-bond acceptors (Lipinski definition) is 5. The number of fused-ring (bicyclic) bond motifs is 1. The van der Waals surface area contributed by atoms with Crippen molar-refractivity contribution in [2.75, 3.05) is 0 Å². The molecule has 0 aromatic carbocycles. The lowest BCUT2D eigenvalue weighted by Crippen LogP contribution is -2.01. The standard InChI is InChI=1S/C10H8N6O2/c1-5-2-6-14-15-9(16(6)4-13-5)7-8(10(17)18)12-3-11-7/h2-4H,1H3,(H,11,12)(H,17,18). The maximum atomic E-state index is 11.0. The minimum absolute atomic E-state index is 0.0233. The van der Waals surface area contributed by atoms with Crippen LogP contribution in [0, 0.1) is 6.92 Å². The van der Waals surface area contributed by atoms with Gasteiger partial charge in [-0.3, -0.25) is 4.40 Å². The van der Waals surface area contributed by atoms with Crippen molar-refractivity contribution >= 4 is 11.6 Å². The minimum atomic E-state index is -1.10. The molecule has 18 heavy (non-hydrogen) atoms. The number of aromatic carboxylic acids is 1. The van der Waals surface area contributed by atoms with Gasteiger partial charge in [0.2, 0.25) is 0 Å². The number of aromatic nitrogens is 6. The van der Waals surface area contributed by atoms with Crippen LogP contribution >= 0.6 is 0 Å². The number of carboxylic acid groups (broad SMARTS) is 1. The van der Waals surface area contributed by atoms with Crippen molar-refractivity contribution in [3.8, 4) is 11.5 Å². The Morgan fingerprint density at radius 1 is 1.39 bits per heavy atom. The van der Waals surface area contributed by atoms with E-state index in [1.165, 1.54) is 6.33 Å². The largest absolute Gasteiger partial charge is 0.477 e. The first-order valence-corrected chi connectivity index (χ1v) is 5.11. The van der Waals surface area contributed by atoms with Crippen molar-refractivity contribution in [1.29, 1.82) is 0 Å². The number of rotatable bonds is 2. The van der Waals surface area contributed by atoms with Gasteiger partial charge in [-0.25, -0.2) is 14.8 Å². The number of nitrogens with one attached hydrogen (secondary N) is 1.